The van der Waals surface area contributed by atoms with Crippen molar-refractivity contribution in [2.45, 2.75) is 27.7 Å². The molecule has 1 nitrogen and oxygen atoms in total. The number of nitrogens with zero attached hydrogens (tertiary/aromatic N) is 1. The van der Waals surface area contributed by atoms with E-state index in [4.69, 9.17) is 0 Å². The van der Waals surface area contributed by atoms with Crippen molar-refractivity contribution in [1.82, 2.24) is 4.98 Å². The van der Waals surface area contributed by atoms with Crippen molar-refractivity contribution < 1.29 is 0 Å². The summed E-state index contributed by atoms with van der Waals surface area (Å²) in [6, 6.07) is 0. The van der Waals surface area contributed by atoms with Crippen LogP contribution in [0.25, 0.3) is 0 Å². The Morgan fingerprint density at radius 1 is 0.909 bits per heavy atom. The van der Waals surface area contributed by atoms with Crippen molar-refractivity contribution in [3.63, 3.8) is 0 Å². The van der Waals surface area contributed by atoms with Crippen molar-refractivity contribution in [2.75, 3.05) is 0 Å². The molecule has 1 heterocycles. The summed E-state index contributed by atoms with van der Waals surface area (Å²) in [4.78, 5) is 4.46. The molecule has 0 N–H and O–H groups in total. The molecule has 0 fully saturated rings. The molecule has 0 atom stereocenters. The van der Waals surface area contributed by atoms with Gasteiger partial charge in [-0.05, 0) is 0 Å². The minimum atomic E-state index is 1.17. The third-order valence-corrected chi connectivity index (χ3v) is 4.28. The van der Waals surface area contributed by atoms with Crippen LogP contribution in [0.2, 0.25) is 0 Å². The first-order valence-electron chi connectivity index (χ1n) is 3.70. The number of aryl methyl sites for hydroxylation is 2. The second-order valence-corrected chi connectivity index (χ2v) is 4.33. The number of aromatic nitrogens is 1. The Bertz CT molecular complexity index is 266. The van der Waals surface area contributed by atoms with Gasteiger partial charge in [0.15, 0.2) is 0 Å². The molecule has 1 aromatic heterocycles. The van der Waals surface area contributed by atoms with Gasteiger partial charge in [0.2, 0.25) is 0 Å². The standard InChI is InChI=1S/C9H12N.Sn/c1-6-5-7(2)10-9(4)8(6)3;/h1-4H3;. The summed E-state index contributed by atoms with van der Waals surface area (Å²) in [5.74, 6) is 0. The Labute approximate surface area is 81.3 Å². The zero-order valence-electron chi connectivity index (χ0n) is 7.45. The number of hydrogen-bond donors (Lipinski definition) is 0. The summed E-state index contributed by atoms with van der Waals surface area (Å²) in [5, 5.41) is 0. The van der Waals surface area contributed by atoms with Gasteiger partial charge in [-0.2, -0.15) is 0 Å². The molecule has 1 rings (SSSR count). The predicted molar refractivity (Wildman–Crippen MR) is 48.6 cm³/mol. The fraction of sp³-hybridized carbons (Fsp3) is 0.444. The first-order chi connectivity index (χ1) is 5.04. The Morgan fingerprint density at radius 2 is 1.45 bits per heavy atom. The van der Waals surface area contributed by atoms with Gasteiger partial charge in [-0.3, -0.25) is 0 Å². The first kappa shape index (κ1) is 9.04. The second kappa shape index (κ2) is 3.13. The molecule has 0 saturated heterocycles. The average Bonchev–Trinajstić information content (AvgIpc) is 1.97. The van der Waals surface area contributed by atoms with Crippen LogP contribution < -0.4 is 3.58 Å². The third-order valence-electron chi connectivity index (χ3n) is 2.18. The Kier molecular flexibility index (Phi) is 2.57. The van der Waals surface area contributed by atoms with Crippen LogP contribution in [0.4, 0.5) is 0 Å². The van der Waals surface area contributed by atoms with E-state index in [2.05, 4.69) is 32.7 Å². The van der Waals surface area contributed by atoms with Crippen LogP contribution in [0.15, 0.2) is 0 Å². The molecule has 3 radical (unpaired) electrons. The van der Waals surface area contributed by atoms with Crippen LogP contribution >= 0.6 is 0 Å². The Morgan fingerprint density at radius 3 is 2.00 bits per heavy atom. The maximum atomic E-state index is 4.46. The third kappa shape index (κ3) is 1.58. The molecule has 57 valence electrons. The molecule has 11 heavy (non-hydrogen) atoms. The van der Waals surface area contributed by atoms with Gasteiger partial charge in [0.1, 0.15) is 0 Å². The van der Waals surface area contributed by atoms with Gasteiger partial charge in [-0.25, -0.2) is 0 Å². The normalized spacial score (nSPS) is 10.3. The van der Waals surface area contributed by atoms with Crippen molar-refractivity contribution in [2.24, 2.45) is 0 Å². The molecule has 0 saturated carbocycles. The van der Waals surface area contributed by atoms with Gasteiger partial charge in [0, 0.05) is 0 Å². The molecule has 0 aromatic carbocycles. The molecule has 0 unspecified atom stereocenters. The Balaban J connectivity index is 3.46. The molecule has 0 aliphatic heterocycles. The van der Waals surface area contributed by atoms with Crippen LogP contribution in [0.3, 0.4) is 0 Å². The van der Waals surface area contributed by atoms with Crippen molar-refractivity contribution in [3.8, 4) is 0 Å². The van der Waals surface area contributed by atoms with Crippen molar-refractivity contribution >= 4 is 26.1 Å². The van der Waals surface area contributed by atoms with E-state index in [-0.39, 0.29) is 0 Å². The van der Waals surface area contributed by atoms with Gasteiger partial charge in [-0.15, -0.1) is 0 Å². The molecule has 0 spiro atoms. The topological polar surface area (TPSA) is 12.9 Å². The second-order valence-electron chi connectivity index (χ2n) is 2.91. The number of pyridine rings is 1. The summed E-state index contributed by atoms with van der Waals surface area (Å²) < 4.78 is 1.42. The van der Waals surface area contributed by atoms with E-state index in [1.165, 1.54) is 48.6 Å². The van der Waals surface area contributed by atoms with Crippen molar-refractivity contribution in [3.05, 3.63) is 22.5 Å². The van der Waals surface area contributed by atoms with E-state index in [1.54, 1.807) is 0 Å². The monoisotopic (exact) mass is 254 g/mol. The molecule has 0 aliphatic carbocycles. The summed E-state index contributed by atoms with van der Waals surface area (Å²) in [5.41, 5.74) is 5.14. The van der Waals surface area contributed by atoms with E-state index in [0.717, 1.165) is 0 Å². The van der Waals surface area contributed by atoms with Crippen LogP contribution in [0.5, 0.6) is 0 Å². The quantitative estimate of drug-likeness (QED) is 0.631. The van der Waals surface area contributed by atoms with Crippen LogP contribution in [-0.4, -0.2) is 27.5 Å². The molecular weight excluding hydrogens is 241 g/mol. The maximum absolute atomic E-state index is 4.46. The first-order valence-corrected chi connectivity index (χ1v) is 5.12. The zero-order chi connectivity index (χ0) is 8.59. The Hall–Kier alpha value is -0.0513. The fourth-order valence-electron chi connectivity index (χ4n) is 1.12. The fourth-order valence-corrected chi connectivity index (χ4v) is 1.82. The molecular formula is C9H12NSn. The molecule has 0 amide bonds. The van der Waals surface area contributed by atoms with Crippen molar-refractivity contribution in [1.29, 1.82) is 0 Å². The predicted octanol–water partition coefficient (Wildman–Crippen LogP) is 1.11. The SMILES string of the molecule is Cc1nc(C)[c]([Sn])c(C)c1C. The summed E-state index contributed by atoms with van der Waals surface area (Å²) in [6.45, 7) is 8.49. The van der Waals surface area contributed by atoms with E-state index in [9.17, 15) is 0 Å². The van der Waals surface area contributed by atoms with Gasteiger partial charge in [-0.1, -0.05) is 0 Å². The van der Waals surface area contributed by atoms with Crippen LogP contribution in [-0.2, 0) is 0 Å². The molecule has 0 aliphatic rings. The van der Waals surface area contributed by atoms with Crippen LogP contribution in [0.1, 0.15) is 22.5 Å². The summed E-state index contributed by atoms with van der Waals surface area (Å²) in [6.07, 6.45) is 0. The van der Waals surface area contributed by atoms with E-state index >= 15 is 0 Å². The molecule has 0 bridgehead atoms. The van der Waals surface area contributed by atoms with Gasteiger partial charge < -0.3 is 0 Å². The molecule has 1 aromatic rings. The summed E-state index contributed by atoms with van der Waals surface area (Å²) in [7, 11) is 0. The van der Waals surface area contributed by atoms with Gasteiger partial charge in [0.05, 0.1) is 0 Å². The average molecular weight is 253 g/mol. The minimum absolute atomic E-state index is 1.17. The van der Waals surface area contributed by atoms with Crippen LogP contribution in [0, 0.1) is 27.7 Å². The zero-order valence-corrected chi connectivity index (χ0v) is 10.3. The van der Waals surface area contributed by atoms with Gasteiger partial charge in [0.25, 0.3) is 0 Å². The number of rotatable bonds is 0. The van der Waals surface area contributed by atoms with Gasteiger partial charge >= 0.3 is 81.3 Å². The van der Waals surface area contributed by atoms with E-state index in [1.807, 2.05) is 0 Å². The molecule has 2 heteroatoms. The van der Waals surface area contributed by atoms with E-state index in [0.29, 0.717) is 0 Å². The summed E-state index contributed by atoms with van der Waals surface area (Å²) >= 11 is 1.47. The number of hydrogen-bond acceptors (Lipinski definition) is 1. The van der Waals surface area contributed by atoms with E-state index < -0.39 is 0 Å².